The zero-order chi connectivity index (χ0) is 10.1. The summed E-state index contributed by atoms with van der Waals surface area (Å²) in [5.74, 6) is 0. The quantitative estimate of drug-likeness (QED) is 0.840. The van der Waals surface area contributed by atoms with E-state index in [2.05, 4.69) is 20.9 Å². The van der Waals surface area contributed by atoms with Crippen LogP contribution < -0.4 is 0 Å². The molecule has 14 heavy (non-hydrogen) atoms. The topological polar surface area (TPSA) is 46.3 Å². The van der Waals surface area contributed by atoms with Gasteiger partial charge in [0.1, 0.15) is 5.52 Å². The van der Waals surface area contributed by atoms with Gasteiger partial charge in [0.05, 0.1) is 6.10 Å². The molecule has 0 aliphatic rings. The van der Waals surface area contributed by atoms with E-state index in [0.717, 1.165) is 11.1 Å². The molecule has 0 saturated carbocycles. The number of alkyl halides is 1. The second-order valence-electron chi connectivity index (χ2n) is 3.20. The fourth-order valence-corrected chi connectivity index (χ4v) is 1.63. The monoisotopic (exact) mass is 255 g/mol. The number of hydrogen-bond acceptors (Lipinski definition) is 3. The Morgan fingerprint density at radius 2 is 2.29 bits per heavy atom. The highest BCUT2D eigenvalue weighted by atomic mass is 79.9. The van der Waals surface area contributed by atoms with Crippen molar-refractivity contribution in [3.63, 3.8) is 0 Å². The summed E-state index contributed by atoms with van der Waals surface area (Å²) in [6, 6.07) is 5.50. The van der Waals surface area contributed by atoms with Crippen LogP contribution in [-0.2, 0) is 0 Å². The molecule has 74 valence electrons. The molecule has 1 aromatic heterocycles. The van der Waals surface area contributed by atoms with E-state index in [4.69, 9.17) is 4.42 Å². The first-order chi connectivity index (χ1) is 6.68. The number of aliphatic hydroxyl groups excluding tert-OH is 1. The number of halogens is 1. The van der Waals surface area contributed by atoms with Crippen LogP contribution in [0.5, 0.6) is 0 Å². The van der Waals surface area contributed by atoms with E-state index in [1.807, 2.05) is 25.1 Å². The molecule has 2 aromatic rings. The minimum Gasteiger partial charge on any atom is -0.443 e. The number of aliphatic hydroxyl groups is 1. The van der Waals surface area contributed by atoms with Gasteiger partial charge in [-0.2, -0.15) is 0 Å². The van der Waals surface area contributed by atoms with Gasteiger partial charge in [-0.3, -0.25) is 0 Å². The number of hydrogen-bond donors (Lipinski definition) is 1. The number of aromatic nitrogens is 1. The summed E-state index contributed by atoms with van der Waals surface area (Å²) < 4.78 is 5.15. The van der Waals surface area contributed by atoms with Crippen molar-refractivity contribution in [3.8, 4) is 0 Å². The molecule has 0 aliphatic heterocycles. The van der Waals surface area contributed by atoms with E-state index in [1.54, 1.807) is 0 Å². The van der Waals surface area contributed by atoms with Crippen molar-refractivity contribution >= 4 is 27.0 Å². The Labute approximate surface area is 89.9 Å². The summed E-state index contributed by atoms with van der Waals surface area (Å²) in [6.07, 6.45) is 0.878. The summed E-state index contributed by atoms with van der Waals surface area (Å²) in [4.78, 5) is 4.02. The molecule has 0 aliphatic carbocycles. The first kappa shape index (κ1) is 9.68. The maximum Gasteiger partial charge on any atom is 0.181 e. The molecule has 3 nitrogen and oxygen atoms in total. The number of fused-ring (bicyclic) bond motifs is 1. The summed E-state index contributed by atoms with van der Waals surface area (Å²) in [5.41, 5.74) is 2.34. The lowest BCUT2D eigenvalue weighted by Gasteiger charge is -2.12. The molecule has 1 aromatic carbocycles. The van der Waals surface area contributed by atoms with Gasteiger partial charge in [-0.05, 0) is 24.6 Å². The number of rotatable bonds is 2. The van der Waals surface area contributed by atoms with Gasteiger partial charge in [-0.15, -0.1) is 0 Å². The molecule has 0 saturated heterocycles. The van der Waals surface area contributed by atoms with E-state index in [-0.39, 0.29) is 4.83 Å². The fraction of sp³-hybridized carbons (Fsp3) is 0.300. The molecule has 2 unspecified atom stereocenters. The minimum absolute atomic E-state index is 0.0165. The smallest absolute Gasteiger partial charge is 0.181 e. The van der Waals surface area contributed by atoms with Gasteiger partial charge in [0, 0.05) is 4.83 Å². The van der Waals surface area contributed by atoms with Gasteiger partial charge >= 0.3 is 0 Å². The van der Waals surface area contributed by atoms with E-state index >= 15 is 0 Å². The first-order valence-corrected chi connectivity index (χ1v) is 5.25. The molecular weight excluding hydrogens is 246 g/mol. The molecular formula is C10H10BrNO2. The molecule has 1 heterocycles. The Morgan fingerprint density at radius 1 is 1.50 bits per heavy atom. The molecule has 2 atom stereocenters. The normalized spacial score (nSPS) is 15.6. The van der Waals surface area contributed by atoms with Crippen molar-refractivity contribution in [3.05, 3.63) is 30.2 Å². The molecule has 0 fully saturated rings. The van der Waals surface area contributed by atoms with Crippen molar-refractivity contribution in [2.75, 3.05) is 0 Å². The summed E-state index contributed by atoms with van der Waals surface area (Å²) in [7, 11) is 0. The van der Waals surface area contributed by atoms with Crippen molar-refractivity contribution in [2.24, 2.45) is 0 Å². The Bertz CT molecular complexity index is 438. The van der Waals surface area contributed by atoms with E-state index < -0.39 is 6.10 Å². The van der Waals surface area contributed by atoms with Gasteiger partial charge in [-0.25, -0.2) is 4.98 Å². The average Bonchev–Trinajstić information content (AvgIpc) is 2.62. The lowest BCUT2D eigenvalue weighted by molar-refractivity contribution is 0.181. The number of nitrogens with zero attached hydrogens (tertiary/aromatic N) is 1. The second kappa shape index (κ2) is 3.71. The van der Waals surface area contributed by atoms with Crippen LogP contribution in [-0.4, -0.2) is 14.9 Å². The van der Waals surface area contributed by atoms with Crippen LogP contribution in [0.3, 0.4) is 0 Å². The third-order valence-electron chi connectivity index (χ3n) is 2.13. The standard InChI is InChI=1S/C10H10BrNO2/c1-6(11)10(13)7-2-3-8-9(4-7)14-5-12-8/h2-6,10,13H,1H3. The highest BCUT2D eigenvalue weighted by molar-refractivity contribution is 9.09. The summed E-state index contributed by atoms with van der Waals surface area (Å²) >= 11 is 3.34. The van der Waals surface area contributed by atoms with Crippen LogP contribution >= 0.6 is 15.9 Å². The molecule has 1 N–H and O–H groups in total. The molecule has 0 radical (unpaired) electrons. The first-order valence-electron chi connectivity index (χ1n) is 4.34. The molecule has 2 rings (SSSR count). The average molecular weight is 256 g/mol. The van der Waals surface area contributed by atoms with Gasteiger partial charge in [0.15, 0.2) is 12.0 Å². The van der Waals surface area contributed by atoms with Crippen LogP contribution in [0.1, 0.15) is 18.6 Å². The van der Waals surface area contributed by atoms with Gasteiger partial charge in [0.2, 0.25) is 0 Å². The maximum absolute atomic E-state index is 9.79. The van der Waals surface area contributed by atoms with E-state index in [9.17, 15) is 5.11 Å². The predicted octanol–water partition coefficient (Wildman–Crippen LogP) is 2.64. The molecule has 0 spiro atoms. The van der Waals surface area contributed by atoms with Crippen LogP contribution in [0, 0.1) is 0 Å². The van der Waals surface area contributed by atoms with Crippen molar-refractivity contribution in [2.45, 2.75) is 17.9 Å². The Balaban J connectivity index is 2.43. The zero-order valence-corrected chi connectivity index (χ0v) is 9.23. The summed E-state index contributed by atoms with van der Waals surface area (Å²) in [5, 5.41) is 9.79. The van der Waals surface area contributed by atoms with Crippen LogP contribution in [0.4, 0.5) is 0 Å². The number of oxazole rings is 1. The Morgan fingerprint density at radius 3 is 3.00 bits per heavy atom. The number of benzene rings is 1. The second-order valence-corrected chi connectivity index (χ2v) is 4.65. The maximum atomic E-state index is 9.79. The van der Waals surface area contributed by atoms with Crippen LogP contribution in [0.15, 0.2) is 29.0 Å². The highest BCUT2D eigenvalue weighted by Gasteiger charge is 2.14. The van der Waals surface area contributed by atoms with Gasteiger partial charge in [-0.1, -0.05) is 22.0 Å². The molecule has 0 bridgehead atoms. The van der Waals surface area contributed by atoms with Crippen LogP contribution in [0.25, 0.3) is 11.1 Å². The zero-order valence-electron chi connectivity index (χ0n) is 7.64. The third kappa shape index (κ3) is 1.67. The van der Waals surface area contributed by atoms with E-state index in [1.165, 1.54) is 6.39 Å². The Hall–Kier alpha value is -0.870. The van der Waals surface area contributed by atoms with Gasteiger partial charge in [0.25, 0.3) is 0 Å². The molecule has 4 heteroatoms. The van der Waals surface area contributed by atoms with Crippen molar-refractivity contribution in [1.29, 1.82) is 0 Å². The van der Waals surface area contributed by atoms with Crippen LogP contribution in [0.2, 0.25) is 0 Å². The highest BCUT2D eigenvalue weighted by Crippen LogP contribution is 2.24. The van der Waals surface area contributed by atoms with E-state index in [0.29, 0.717) is 5.58 Å². The SMILES string of the molecule is CC(Br)C(O)c1ccc2ncoc2c1. The lowest BCUT2D eigenvalue weighted by atomic mass is 10.1. The fourth-order valence-electron chi connectivity index (χ4n) is 1.32. The Kier molecular flexibility index (Phi) is 2.56. The minimum atomic E-state index is -0.524. The molecule has 0 amide bonds. The van der Waals surface area contributed by atoms with Gasteiger partial charge < -0.3 is 9.52 Å². The third-order valence-corrected chi connectivity index (χ3v) is 2.63. The van der Waals surface area contributed by atoms with Crippen molar-refractivity contribution < 1.29 is 9.52 Å². The lowest BCUT2D eigenvalue weighted by Crippen LogP contribution is -2.07. The van der Waals surface area contributed by atoms with Crippen molar-refractivity contribution in [1.82, 2.24) is 4.98 Å². The predicted molar refractivity (Wildman–Crippen MR) is 57.4 cm³/mol. The largest absolute Gasteiger partial charge is 0.443 e. The summed E-state index contributed by atoms with van der Waals surface area (Å²) in [6.45, 7) is 1.90.